The molecule has 0 aliphatic carbocycles. The average Bonchev–Trinajstić information content (AvgIpc) is 0.999. The number of esters is 5. The number of ether oxygens (including phenoxy) is 11. The number of benzene rings is 6. The number of rotatable bonds is 35. The first-order valence-electron chi connectivity index (χ1n) is 41.3. The first-order valence-corrected chi connectivity index (χ1v) is 41.3. The van der Waals surface area contributed by atoms with Gasteiger partial charge in [0.25, 0.3) is 0 Å². The van der Waals surface area contributed by atoms with E-state index in [2.05, 4.69) is 135 Å². The molecule has 6 aromatic carbocycles. The Labute approximate surface area is 698 Å². The molecule has 0 bridgehead atoms. The van der Waals surface area contributed by atoms with Crippen LogP contribution in [0.15, 0.2) is 146 Å². The van der Waals surface area contributed by atoms with Crippen molar-refractivity contribution in [2.24, 2.45) is 17.3 Å². The molecular formula is C96H149NO19. The summed E-state index contributed by atoms with van der Waals surface area (Å²) in [5.41, 5.74) is 7.50. The molecule has 0 heterocycles. The van der Waals surface area contributed by atoms with E-state index in [9.17, 15) is 24.0 Å². The lowest BCUT2D eigenvalue weighted by Gasteiger charge is -2.17. The van der Waals surface area contributed by atoms with Crippen molar-refractivity contribution in [2.45, 2.75) is 285 Å². The molecule has 6 rings (SSSR count). The van der Waals surface area contributed by atoms with Crippen LogP contribution in [0.2, 0.25) is 0 Å². The lowest BCUT2D eigenvalue weighted by atomic mass is 9.91. The van der Waals surface area contributed by atoms with Gasteiger partial charge in [-0.15, -0.1) is 0 Å². The zero-order valence-corrected chi connectivity index (χ0v) is 75.6. The smallest absolute Gasteiger partial charge is 0.311 e. The van der Waals surface area contributed by atoms with E-state index in [1.807, 2.05) is 142 Å². The van der Waals surface area contributed by atoms with Crippen molar-refractivity contribution in [2.75, 3.05) is 53.9 Å². The van der Waals surface area contributed by atoms with Crippen LogP contribution in [0.3, 0.4) is 0 Å². The molecule has 20 nitrogen and oxygen atoms in total. The molecule has 0 saturated heterocycles. The van der Waals surface area contributed by atoms with E-state index in [0.717, 1.165) is 75.0 Å². The number of carbonyl (C=O) groups excluding carboxylic acids is 5. The Kier molecular flexibility index (Phi) is 64.0. The molecule has 0 fully saturated rings. The fourth-order valence-electron chi connectivity index (χ4n) is 9.20. The van der Waals surface area contributed by atoms with Gasteiger partial charge in [0.05, 0.1) is 51.4 Å². The van der Waals surface area contributed by atoms with E-state index in [4.69, 9.17) is 63.2 Å². The fourth-order valence-corrected chi connectivity index (χ4v) is 9.20. The summed E-state index contributed by atoms with van der Waals surface area (Å²) in [6.45, 7) is 50.9. The second kappa shape index (κ2) is 66.9. The van der Waals surface area contributed by atoms with Gasteiger partial charge in [0.1, 0.15) is 54.3 Å². The number of methoxy groups -OCH3 is 2. The first-order chi connectivity index (χ1) is 54.9. The van der Waals surface area contributed by atoms with Gasteiger partial charge >= 0.3 is 29.8 Å². The van der Waals surface area contributed by atoms with Crippen molar-refractivity contribution in [3.05, 3.63) is 179 Å². The number of aromatic hydroxyl groups is 3. The van der Waals surface area contributed by atoms with Gasteiger partial charge in [0.2, 0.25) is 0 Å². The van der Waals surface area contributed by atoms with Gasteiger partial charge in [-0.25, -0.2) is 0 Å². The van der Waals surface area contributed by atoms with Crippen LogP contribution in [0.25, 0.3) is 0 Å². The second-order valence-electron chi connectivity index (χ2n) is 29.0. The molecule has 0 aliphatic rings. The van der Waals surface area contributed by atoms with Crippen LogP contribution in [0, 0.1) is 28.6 Å². The third-order valence-corrected chi connectivity index (χ3v) is 19.2. The molecule has 0 amide bonds. The topological polar surface area (TPSA) is 271 Å². The van der Waals surface area contributed by atoms with Crippen LogP contribution in [0.5, 0.6) is 34.5 Å². The Balaban J connectivity index is -0.00000127. The van der Waals surface area contributed by atoms with E-state index in [1.165, 1.54) is 68.4 Å². The van der Waals surface area contributed by atoms with Crippen LogP contribution in [-0.2, 0) is 61.9 Å². The Morgan fingerprint density at radius 2 is 0.569 bits per heavy atom. The van der Waals surface area contributed by atoms with Crippen molar-refractivity contribution in [1.82, 2.24) is 0 Å². The highest BCUT2D eigenvalue weighted by atomic mass is 16.7. The zero-order chi connectivity index (χ0) is 88.7. The van der Waals surface area contributed by atoms with Crippen molar-refractivity contribution in [1.29, 1.82) is 5.26 Å². The number of phenols is 3. The molecule has 11 unspecified atom stereocenters. The van der Waals surface area contributed by atoms with E-state index < -0.39 is 0 Å². The normalized spacial score (nSPS) is 13.1. The largest absolute Gasteiger partial charge is 0.508 e. The van der Waals surface area contributed by atoms with Gasteiger partial charge in [0.15, 0.2) is 18.9 Å². The molecule has 652 valence electrons. The number of carbonyl (C=O) groups is 5. The third-order valence-electron chi connectivity index (χ3n) is 19.2. The predicted octanol–water partition coefficient (Wildman–Crippen LogP) is 23.6. The van der Waals surface area contributed by atoms with E-state index in [0.29, 0.717) is 72.6 Å². The summed E-state index contributed by atoms with van der Waals surface area (Å²) in [7, 11) is 2.83. The standard InChI is InChI=1S/3C16H24O4.3C10H14O.C7H14O2.C6H12O2.C5H9N/c3*1-5-12(2)15-6-8-16(9-7-15)20-14(4)19-11-10-18-13(3)17;3*1-3-8(2)9-4-6-10(11)7-5-9;1-5-7(2,3)6(8)9-4;1-4-5(2)6(7)8-3;1-3-5(2)4-6/h3*6-9,12,14H,5,10-11H2,1-4H3;3*4-8,11H,3H2,1-2H3;5H2,1-4H3;5H,4H2,1-3H3;5H,3H2,1-2H3. The number of phenolic OH excluding ortho intramolecular Hbond substituents is 3. The molecule has 0 spiro atoms. The van der Waals surface area contributed by atoms with E-state index >= 15 is 0 Å². The summed E-state index contributed by atoms with van der Waals surface area (Å²) < 4.78 is 56.4. The highest BCUT2D eigenvalue weighted by Crippen LogP contribution is 2.28. The van der Waals surface area contributed by atoms with Crippen molar-refractivity contribution < 1.29 is 91.4 Å². The average molecular weight is 1620 g/mol. The highest BCUT2D eigenvalue weighted by Gasteiger charge is 2.25. The molecule has 0 aromatic heterocycles. The fraction of sp³-hybridized carbons (Fsp3) is 0.562. The minimum absolute atomic E-state index is 0.0556. The molecular weight excluding hydrogens is 1470 g/mol. The van der Waals surface area contributed by atoms with E-state index in [-0.39, 0.29) is 85.8 Å². The molecule has 20 heteroatoms. The summed E-state index contributed by atoms with van der Waals surface area (Å²) in [6, 6.07) is 48.6. The first kappa shape index (κ1) is 111. The Hall–Kier alpha value is -9.16. The lowest BCUT2D eigenvalue weighted by Crippen LogP contribution is -2.24. The maximum atomic E-state index is 10.8. The quantitative estimate of drug-likeness (QED) is 0.0144. The van der Waals surface area contributed by atoms with Gasteiger partial charge in [-0.1, -0.05) is 184 Å². The molecule has 0 aliphatic heterocycles. The molecule has 0 radical (unpaired) electrons. The summed E-state index contributed by atoms with van der Waals surface area (Å²) in [5.74, 6) is 5.94. The van der Waals surface area contributed by atoms with Crippen LogP contribution < -0.4 is 14.2 Å². The Morgan fingerprint density at radius 1 is 0.345 bits per heavy atom. The monoisotopic (exact) mass is 1620 g/mol. The summed E-state index contributed by atoms with van der Waals surface area (Å²) in [6.07, 6.45) is 8.31. The van der Waals surface area contributed by atoms with E-state index in [1.54, 1.807) is 36.4 Å². The number of hydrogen-bond acceptors (Lipinski definition) is 20. The molecule has 3 N–H and O–H groups in total. The summed E-state index contributed by atoms with van der Waals surface area (Å²) >= 11 is 0. The molecule has 116 heavy (non-hydrogen) atoms. The number of nitriles is 1. The summed E-state index contributed by atoms with van der Waals surface area (Å²) in [4.78, 5) is 53.1. The van der Waals surface area contributed by atoms with Crippen molar-refractivity contribution >= 4 is 29.8 Å². The number of hydrogen-bond donors (Lipinski definition) is 3. The van der Waals surface area contributed by atoms with Gasteiger partial charge in [-0.05, 0) is 241 Å². The Morgan fingerprint density at radius 3 is 0.707 bits per heavy atom. The minimum atomic E-state index is -0.375. The van der Waals surface area contributed by atoms with Gasteiger partial charge in [0, 0.05) is 26.7 Å². The predicted molar refractivity (Wildman–Crippen MR) is 467 cm³/mol. The SMILES string of the molecule is CCC(C)(C)C(=O)OC.CCC(C)C#N.CCC(C)C(=O)OC.CCC(C)c1ccc(O)cc1.CCC(C)c1ccc(O)cc1.CCC(C)c1ccc(O)cc1.CCC(C)c1ccc(OC(C)OCCOC(C)=O)cc1.CCC(C)c1ccc(OC(C)OCCOC(C)=O)cc1.CCC(C)c1ccc(OC(C)OCCOC(C)=O)cc1. The zero-order valence-electron chi connectivity index (χ0n) is 75.6. The van der Waals surface area contributed by atoms with Crippen molar-refractivity contribution in [3.8, 4) is 40.6 Å². The maximum absolute atomic E-state index is 10.8. The highest BCUT2D eigenvalue weighted by molar-refractivity contribution is 5.75. The van der Waals surface area contributed by atoms with Crippen LogP contribution >= 0.6 is 0 Å². The van der Waals surface area contributed by atoms with Crippen LogP contribution in [0.4, 0.5) is 0 Å². The Bertz CT molecular complexity index is 3170. The van der Waals surface area contributed by atoms with Gasteiger partial charge < -0.3 is 67.4 Å². The molecule has 11 atom stereocenters. The minimum Gasteiger partial charge on any atom is -0.508 e. The van der Waals surface area contributed by atoms with Gasteiger partial charge in [-0.3, -0.25) is 24.0 Å². The lowest BCUT2D eigenvalue weighted by molar-refractivity contribution is -0.151. The second-order valence-corrected chi connectivity index (χ2v) is 29.0. The van der Waals surface area contributed by atoms with Crippen LogP contribution in [0.1, 0.15) is 300 Å². The van der Waals surface area contributed by atoms with Gasteiger partial charge in [-0.2, -0.15) is 5.26 Å². The summed E-state index contributed by atoms with van der Waals surface area (Å²) in [5, 5.41) is 35.1. The third kappa shape index (κ3) is 55.4. The van der Waals surface area contributed by atoms with Crippen molar-refractivity contribution in [3.63, 3.8) is 0 Å². The van der Waals surface area contributed by atoms with Crippen LogP contribution in [-0.4, -0.2) is 118 Å². The maximum Gasteiger partial charge on any atom is 0.311 e. The molecule has 6 aromatic rings. The molecule has 0 saturated carbocycles. The number of nitrogens with zero attached hydrogens (tertiary/aromatic N) is 1.